The van der Waals surface area contributed by atoms with Crippen LogP contribution in [0.3, 0.4) is 0 Å². The number of ether oxygens (including phenoxy) is 1. The summed E-state index contributed by atoms with van der Waals surface area (Å²) in [6.07, 6.45) is 3.51. The minimum absolute atomic E-state index is 0.242. The molecule has 0 aliphatic rings. The molecule has 0 spiro atoms. The molecule has 0 fully saturated rings. The van der Waals surface area contributed by atoms with E-state index in [9.17, 15) is 4.79 Å². The highest BCUT2D eigenvalue weighted by Gasteiger charge is 2.12. The summed E-state index contributed by atoms with van der Waals surface area (Å²) in [6, 6.07) is 31.3. The summed E-state index contributed by atoms with van der Waals surface area (Å²) in [4.78, 5) is 12.8. The van der Waals surface area contributed by atoms with Crippen LogP contribution in [0.15, 0.2) is 114 Å². The van der Waals surface area contributed by atoms with Crippen molar-refractivity contribution in [1.29, 1.82) is 0 Å². The lowest BCUT2D eigenvalue weighted by Crippen LogP contribution is -2.16. The van der Waals surface area contributed by atoms with Gasteiger partial charge in [-0.2, -0.15) is 10.2 Å². The highest BCUT2D eigenvalue weighted by Crippen LogP contribution is 2.25. The fraction of sp³-hybridized carbons (Fsp3) is 0.0357. The molecule has 1 N–H and O–H groups in total. The van der Waals surface area contributed by atoms with Gasteiger partial charge < -0.3 is 4.74 Å². The first-order chi connectivity index (χ1) is 17.3. The average Bonchev–Trinajstić information content (AvgIpc) is 3.60. The van der Waals surface area contributed by atoms with Gasteiger partial charge in [-0.15, -0.1) is 11.3 Å². The zero-order chi connectivity index (χ0) is 23.9. The highest BCUT2D eigenvalue weighted by molar-refractivity contribution is 7.12. The summed E-state index contributed by atoms with van der Waals surface area (Å²) >= 11 is 1.37. The van der Waals surface area contributed by atoms with Gasteiger partial charge in [0.2, 0.25) is 0 Å². The van der Waals surface area contributed by atoms with Gasteiger partial charge in [0.1, 0.15) is 18.1 Å². The van der Waals surface area contributed by atoms with Crippen molar-refractivity contribution in [3.63, 3.8) is 0 Å². The summed E-state index contributed by atoms with van der Waals surface area (Å²) in [7, 11) is 0. The molecule has 0 saturated carbocycles. The second-order valence-electron chi connectivity index (χ2n) is 7.69. The number of hydrogen-bond donors (Lipinski definition) is 1. The molecule has 35 heavy (non-hydrogen) atoms. The van der Waals surface area contributed by atoms with Crippen molar-refractivity contribution in [2.75, 3.05) is 0 Å². The molecule has 0 bridgehead atoms. The summed E-state index contributed by atoms with van der Waals surface area (Å²) < 4.78 is 7.72. The van der Waals surface area contributed by atoms with Crippen molar-refractivity contribution >= 4 is 23.5 Å². The standard InChI is InChI=1S/C28H22N4O2S/c33-28(26-12-7-17-35-26)30-29-18-23-19-32(24-10-5-2-6-11-24)31-27(23)22-13-15-25(16-14-22)34-20-21-8-3-1-4-9-21/h1-19H,20H2,(H,30,33). The van der Waals surface area contributed by atoms with Crippen LogP contribution in [0.5, 0.6) is 5.75 Å². The Balaban J connectivity index is 1.38. The second kappa shape index (κ2) is 10.6. The summed E-state index contributed by atoms with van der Waals surface area (Å²) in [6.45, 7) is 0.505. The van der Waals surface area contributed by atoms with E-state index >= 15 is 0 Å². The molecule has 5 aromatic rings. The molecule has 2 heterocycles. The van der Waals surface area contributed by atoms with Gasteiger partial charge in [-0.1, -0.05) is 54.6 Å². The largest absolute Gasteiger partial charge is 0.489 e. The average molecular weight is 479 g/mol. The first kappa shape index (κ1) is 22.3. The smallest absolute Gasteiger partial charge is 0.281 e. The van der Waals surface area contributed by atoms with Crippen LogP contribution < -0.4 is 10.2 Å². The molecule has 0 atom stereocenters. The van der Waals surface area contributed by atoms with Gasteiger partial charge in [0.25, 0.3) is 5.91 Å². The zero-order valence-electron chi connectivity index (χ0n) is 18.7. The van der Waals surface area contributed by atoms with E-state index in [4.69, 9.17) is 9.84 Å². The molecule has 5 rings (SSSR count). The minimum atomic E-state index is -0.242. The Hall–Kier alpha value is -4.49. The topological polar surface area (TPSA) is 68.5 Å². The van der Waals surface area contributed by atoms with Gasteiger partial charge in [-0.25, -0.2) is 10.1 Å². The molecule has 0 aliphatic carbocycles. The number of amides is 1. The normalized spacial score (nSPS) is 11.0. The van der Waals surface area contributed by atoms with Crippen LogP contribution in [0.25, 0.3) is 16.9 Å². The van der Waals surface area contributed by atoms with E-state index in [0.717, 1.165) is 33.8 Å². The van der Waals surface area contributed by atoms with Gasteiger partial charge >= 0.3 is 0 Å². The summed E-state index contributed by atoms with van der Waals surface area (Å²) in [5.41, 5.74) is 7.07. The number of rotatable bonds is 8. The fourth-order valence-corrected chi connectivity index (χ4v) is 4.11. The van der Waals surface area contributed by atoms with Crippen molar-refractivity contribution in [2.24, 2.45) is 5.10 Å². The van der Waals surface area contributed by atoms with E-state index in [1.165, 1.54) is 11.3 Å². The number of nitrogens with zero attached hydrogens (tertiary/aromatic N) is 3. The molecule has 172 valence electrons. The lowest BCUT2D eigenvalue weighted by Gasteiger charge is -2.07. The third kappa shape index (κ3) is 5.54. The Labute approximate surface area is 207 Å². The Bertz CT molecular complexity index is 1410. The van der Waals surface area contributed by atoms with Crippen LogP contribution >= 0.6 is 11.3 Å². The molecule has 0 aliphatic heterocycles. The SMILES string of the molecule is O=C(NN=Cc1cn(-c2ccccc2)nc1-c1ccc(OCc2ccccc2)cc1)c1cccs1. The molecule has 0 radical (unpaired) electrons. The Morgan fingerprint density at radius 2 is 1.69 bits per heavy atom. The van der Waals surface area contributed by atoms with Crippen LogP contribution in [0, 0.1) is 0 Å². The first-order valence-electron chi connectivity index (χ1n) is 11.1. The van der Waals surface area contributed by atoms with Crippen LogP contribution in [0.1, 0.15) is 20.8 Å². The van der Waals surface area contributed by atoms with E-state index in [2.05, 4.69) is 10.5 Å². The number of hydrogen-bond acceptors (Lipinski definition) is 5. The quantitative estimate of drug-likeness (QED) is 0.222. The van der Waals surface area contributed by atoms with Crippen LogP contribution in [-0.2, 0) is 6.61 Å². The molecule has 3 aromatic carbocycles. The number of hydrazone groups is 1. The molecule has 0 saturated heterocycles. The lowest BCUT2D eigenvalue weighted by atomic mass is 10.1. The monoisotopic (exact) mass is 478 g/mol. The predicted octanol–water partition coefficient (Wildman–Crippen LogP) is 5.94. The fourth-order valence-electron chi connectivity index (χ4n) is 3.49. The van der Waals surface area contributed by atoms with E-state index in [-0.39, 0.29) is 5.91 Å². The molecule has 2 aromatic heterocycles. The van der Waals surface area contributed by atoms with Crippen LogP contribution in [0.2, 0.25) is 0 Å². The maximum absolute atomic E-state index is 12.2. The van der Waals surface area contributed by atoms with Crippen LogP contribution in [0.4, 0.5) is 0 Å². The Kier molecular flexibility index (Phi) is 6.77. The van der Waals surface area contributed by atoms with Gasteiger partial charge in [0.05, 0.1) is 16.8 Å². The predicted molar refractivity (Wildman–Crippen MR) is 139 cm³/mol. The second-order valence-corrected chi connectivity index (χ2v) is 8.64. The number of carbonyl (C=O) groups excluding carboxylic acids is 1. The number of carbonyl (C=O) groups is 1. The summed E-state index contributed by atoms with van der Waals surface area (Å²) in [5.74, 6) is 0.534. The van der Waals surface area contributed by atoms with Gasteiger partial charge in [0.15, 0.2) is 0 Å². The number of benzene rings is 3. The number of thiophene rings is 1. The molecule has 1 amide bonds. The maximum atomic E-state index is 12.2. The maximum Gasteiger partial charge on any atom is 0.281 e. The van der Waals surface area contributed by atoms with E-state index < -0.39 is 0 Å². The Morgan fingerprint density at radius 1 is 0.943 bits per heavy atom. The van der Waals surface area contributed by atoms with Crippen LogP contribution in [-0.4, -0.2) is 21.9 Å². The molecule has 0 unspecified atom stereocenters. The van der Waals surface area contributed by atoms with Crippen molar-refractivity contribution in [2.45, 2.75) is 6.61 Å². The lowest BCUT2D eigenvalue weighted by molar-refractivity contribution is 0.0959. The number of nitrogens with one attached hydrogen (secondary N) is 1. The van der Waals surface area contributed by atoms with Crippen molar-refractivity contribution in [3.8, 4) is 22.7 Å². The third-order valence-electron chi connectivity index (χ3n) is 5.25. The van der Waals surface area contributed by atoms with E-state index in [1.54, 1.807) is 17.0 Å². The minimum Gasteiger partial charge on any atom is -0.489 e. The van der Waals surface area contributed by atoms with Gasteiger partial charge in [-0.3, -0.25) is 4.79 Å². The van der Waals surface area contributed by atoms with Crippen molar-refractivity contribution in [3.05, 3.63) is 125 Å². The molecular formula is C28H22N4O2S. The van der Waals surface area contributed by atoms with Crippen molar-refractivity contribution in [1.82, 2.24) is 15.2 Å². The highest BCUT2D eigenvalue weighted by atomic mass is 32.1. The number of aromatic nitrogens is 2. The first-order valence-corrected chi connectivity index (χ1v) is 11.9. The summed E-state index contributed by atoms with van der Waals surface area (Å²) in [5, 5.41) is 10.8. The third-order valence-corrected chi connectivity index (χ3v) is 6.12. The van der Waals surface area contributed by atoms with Gasteiger partial charge in [-0.05, 0) is 53.4 Å². The zero-order valence-corrected chi connectivity index (χ0v) is 19.6. The molecule has 6 nitrogen and oxygen atoms in total. The van der Waals surface area contributed by atoms with E-state index in [1.807, 2.05) is 103 Å². The molecule has 7 heteroatoms. The van der Waals surface area contributed by atoms with Crippen molar-refractivity contribution < 1.29 is 9.53 Å². The Morgan fingerprint density at radius 3 is 2.40 bits per heavy atom. The van der Waals surface area contributed by atoms with E-state index in [0.29, 0.717) is 11.5 Å². The molecular weight excluding hydrogens is 456 g/mol. The van der Waals surface area contributed by atoms with Gasteiger partial charge in [0, 0.05) is 17.3 Å². The number of para-hydroxylation sites is 1.